The van der Waals surface area contributed by atoms with Gasteiger partial charge >= 0.3 is 0 Å². The van der Waals surface area contributed by atoms with Crippen molar-refractivity contribution < 1.29 is 13.9 Å². The topological polar surface area (TPSA) is 29.5 Å². The molecule has 1 heterocycles. The molecule has 0 N–H and O–H groups in total. The van der Waals surface area contributed by atoms with E-state index in [0.717, 1.165) is 6.42 Å². The molecule has 2 rings (SSSR count). The van der Waals surface area contributed by atoms with Gasteiger partial charge in [0.05, 0.1) is 12.3 Å². The lowest BCUT2D eigenvalue weighted by atomic mass is 10.1. The van der Waals surface area contributed by atoms with Crippen LogP contribution in [0, 0.1) is 5.82 Å². The van der Waals surface area contributed by atoms with Crippen LogP contribution in [0.15, 0.2) is 18.2 Å². The zero-order valence-corrected chi connectivity index (χ0v) is 10.6. The minimum atomic E-state index is -0.280. The van der Waals surface area contributed by atoms with E-state index in [2.05, 4.69) is 0 Å². The lowest BCUT2D eigenvalue weighted by Crippen LogP contribution is -2.34. The van der Waals surface area contributed by atoms with Gasteiger partial charge in [0.15, 0.2) is 0 Å². The van der Waals surface area contributed by atoms with Gasteiger partial charge < -0.3 is 9.64 Å². The number of carbonyl (C=O) groups is 1. The second-order valence-electron chi connectivity index (χ2n) is 4.49. The molecule has 1 aliphatic heterocycles. The fourth-order valence-corrected chi connectivity index (χ4v) is 2.05. The first-order chi connectivity index (χ1) is 8.70. The highest BCUT2D eigenvalue weighted by atomic mass is 19.1. The second kappa shape index (κ2) is 5.85. The van der Waals surface area contributed by atoms with E-state index in [4.69, 9.17) is 4.74 Å². The summed E-state index contributed by atoms with van der Waals surface area (Å²) in [6, 6.07) is 4.93. The first kappa shape index (κ1) is 12.9. The molecule has 0 radical (unpaired) electrons. The van der Waals surface area contributed by atoms with Crippen LogP contribution in [0.5, 0.6) is 5.75 Å². The third-order valence-corrected chi connectivity index (χ3v) is 3.05. The Labute approximate surface area is 107 Å². The average molecular weight is 251 g/mol. The minimum Gasteiger partial charge on any atom is -0.493 e. The van der Waals surface area contributed by atoms with E-state index in [0.29, 0.717) is 44.0 Å². The summed E-state index contributed by atoms with van der Waals surface area (Å²) < 4.78 is 19.3. The molecule has 1 aliphatic rings. The molecule has 0 bridgehead atoms. The Hall–Kier alpha value is -1.58. The highest BCUT2D eigenvalue weighted by Gasteiger charge is 2.19. The van der Waals surface area contributed by atoms with Crippen LogP contribution in [0.2, 0.25) is 0 Å². The summed E-state index contributed by atoms with van der Waals surface area (Å²) in [6.45, 7) is 3.81. The number of piperidine rings is 1. The Balaban J connectivity index is 2.07. The number of hydrogen-bond acceptors (Lipinski definition) is 3. The van der Waals surface area contributed by atoms with E-state index in [9.17, 15) is 9.18 Å². The third-order valence-electron chi connectivity index (χ3n) is 3.05. The summed E-state index contributed by atoms with van der Waals surface area (Å²) >= 11 is 0. The molecule has 0 aromatic heterocycles. The van der Waals surface area contributed by atoms with Crippen LogP contribution in [0.1, 0.15) is 26.2 Å². The van der Waals surface area contributed by atoms with Crippen LogP contribution in [-0.4, -0.2) is 25.5 Å². The summed E-state index contributed by atoms with van der Waals surface area (Å²) in [5, 5.41) is 0. The van der Waals surface area contributed by atoms with Crippen molar-refractivity contribution in [2.75, 3.05) is 24.6 Å². The van der Waals surface area contributed by atoms with Crippen LogP contribution in [0.25, 0.3) is 0 Å². The molecule has 1 aromatic carbocycles. The molecule has 0 atom stereocenters. The Morgan fingerprint density at radius 3 is 2.67 bits per heavy atom. The fraction of sp³-hybridized carbons (Fsp3) is 0.500. The normalized spacial score (nSPS) is 15.9. The van der Waals surface area contributed by atoms with Crippen molar-refractivity contribution in [1.29, 1.82) is 0 Å². The molecule has 1 fully saturated rings. The molecule has 1 aromatic rings. The number of ether oxygens (including phenoxy) is 1. The molecule has 0 saturated carbocycles. The highest BCUT2D eigenvalue weighted by Crippen LogP contribution is 2.26. The van der Waals surface area contributed by atoms with E-state index in [-0.39, 0.29) is 11.6 Å². The molecular weight excluding hydrogens is 233 g/mol. The predicted molar refractivity (Wildman–Crippen MR) is 68.6 cm³/mol. The quantitative estimate of drug-likeness (QED) is 0.824. The molecule has 0 amide bonds. The third kappa shape index (κ3) is 3.00. The van der Waals surface area contributed by atoms with E-state index in [1.54, 1.807) is 12.1 Å². The molecule has 98 valence electrons. The number of hydrogen-bond donors (Lipinski definition) is 0. The van der Waals surface area contributed by atoms with Gasteiger partial charge in [-0.25, -0.2) is 4.39 Å². The van der Waals surface area contributed by atoms with Crippen molar-refractivity contribution in [3.05, 3.63) is 24.0 Å². The van der Waals surface area contributed by atoms with Crippen LogP contribution in [-0.2, 0) is 4.79 Å². The summed E-state index contributed by atoms with van der Waals surface area (Å²) in [5.41, 5.74) is 0.561. The summed E-state index contributed by atoms with van der Waals surface area (Å²) in [5.74, 6) is 0.540. The van der Waals surface area contributed by atoms with Crippen molar-refractivity contribution in [1.82, 2.24) is 0 Å². The van der Waals surface area contributed by atoms with Gasteiger partial charge in [-0.2, -0.15) is 0 Å². The average Bonchev–Trinajstić information content (AvgIpc) is 2.38. The van der Waals surface area contributed by atoms with E-state index >= 15 is 0 Å². The lowest BCUT2D eigenvalue weighted by Gasteiger charge is -2.28. The number of ketones is 1. The number of carbonyl (C=O) groups excluding carboxylic acids is 1. The van der Waals surface area contributed by atoms with Crippen LogP contribution in [0.4, 0.5) is 10.1 Å². The van der Waals surface area contributed by atoms with Gasteiger partial charge in [-0.15, -0.1) is 0 Å². The molecule has 1 saturated heterocycles. The maximum absolute atomic E-state index is 14.0. The summed E-state index contributed by atoms with van der Waals surface area (Å²) in [6.07, 6.45) is 1.92. The Morgan fingerprint density at radius 2 is 2.06 bits per heavy atom. The maximum Gasteiger partial charge on any atom is 0.150 e. The molecule has 0 unspecified atom stereocenters. The van der Waals surface area contributed by atoms with Gasteiger partial charge in [-0.05, 0) is 18.6 Å². The van der Waals surface area contributed by atoms with Gasteiger partial charge in [0.1, 0.15) is 17.3 Å². The number of anilines is 1. The zero-order chi connectivity index (χ0) is 13.0. The smallest absolute Gasteiger partial charge is 0.150 e. The molecule has 0 aliphatic carbocycles. The van der Waals surface area contributed by atoms with Crippen LogP contribution in [0.3, 0.4) is 0 Å². The number of Topliss-reactive ketones (excluding diaryl/α,β-unsaturated/α-hetero) is 1. The predicted octanol–water partition coefficient (Wildman–Crippen LogP) is 2.78. The zero-order valence-electron chi connectivity index (χ0n) is 10.6. The molecule has 18 heavy (non-hydrogen) atoms. The highest BCUT2D eigenvalue weighted by molar-refractivity contribution is 5.81. The Bertz CT molecular complexity index is 424. The standard InChI is InChI=1S/C14H18FNO2/c1-2-9-18-12-3-4-14(13(15)10-12)16-7-5-11(17)6-8-16/h3-4,10H,2,5-9H2,1H3. The van der Waals surface area contributed by atoms with Gasteiger partial charge in [0.2, 0.25) is 0 Å². The Morgan fingerprint density at radius 1 is 1.33 bits per heavy atom. The van der Waals surface area contributed by atoms with Crippen molar-refractivity contribution in [3.8, 4) is 5.75 Å². The second-order valence-corrected chi connectivity index (χ2v) is 4.49. The SMILES string of the molecule is CCCOc1ccc(N2CCC(=O)CC2)c(F)c1. The van der Waals surface area contributed by atoms with E-state index in [1.807, 2.05) is 11.8 Å². The molecule has 0 spiro atoms. The van der Waals surface area contributed by atoms with Gasteiger partial charge in [0.25, 0.3) is 0 Å². The number of benzene rings is 1. The van der Waals surface area contributed by atoms with E-state index in [1.165, 1.54) is 6.07 Å². The Kier molecular flexibility index (Phi) is 4.18. The largest absolute Gasteiger partial charge is 0.493 e. The summed E-state index contributed by atoms with van der Waals surface area (Å²) in [7, 11) is 0. The van der Waals surface area contributed by atoms with Crippen molar-refractivity contribution in [3.63, 3.8) is 0 Å². The van der Waals surface area contributed by atoms with Crippen LogP contribution >= 0.6 is 0 Å². The number of halogens is 1. The van der Waals surface area contributed by atoms with E-state index < -0.39 is 0 Å². The molecule has 4 heteroatoms. The monoisotopic (exact) mass is 251 g/mol. The van der Waals surface area contributed by atoms with Gasteiger partial charge in [-0.3, -0.25) is 4.79 Å². The lowest BCUT2D eigenvalue weighted by molar-refractivity contribution is -0.119. The summed E-state index contributed by atoms with van der Waals surface area (Å²) in [4.78, 5) is 13.1. The number of nitrogens with zero attached hydrogens (tertiary/aromatic N) is 1. The first-order valence-corrected chi connectivity index (χ1v) is 6.39. The van der Waals surface area contributed by atoms with Crippen molar-refractivity contribution >= 4 is 11.5 Å². The molecular formula is C14H18FNO2. The van der Waals surface area contributed by atoms with Gasteiger partial charge in [0, 0.05) is 32.0 Å². The van der Waals surface area contributed by atoms with Crippen LogP contribution < -0.4 is 9.64 Å². The van der Waals surface area contributed by atoms with Crippen molar-refractivity contribution in [2.45, 2.75) is 26.2 Å². The minimum absolute atomic E-state index is 0.259. The first-order valence-electron chi connectivity index (χ1n) is 6.39. The fourth-order valence-electron chi connectivity index (χ4n) is 2.05. The maximum atomic E-state index is 14.0. The van der Waals surface area contributed by atoms with Gasteiger partial charge in [-0.1, -0.05) is 6.92 Å². The van der Waals surface area contributed by atoms with Crippen molar-refractivity contribution in [2.24, 2.45) is 0 Å². The number of rotatable bonds is 4. The molecule has 3 nitrogen and oxygen atoms in total.